The molecule has 1 aromatic carbocycles. The van der Waals surface area contributed by atoms with Gasteiger partial charge in [-0.1, -0.05) is 6.92 Å². The molecule has 2 aromatic rings. The number of anilines is 1. The van der Waals surface area contributed by atoms with E-state index in [0.717, 1.165) is 12.2 Å². The van der Waals surface area contributed by atoms with Crippen LogP contribution in [0.25, 0.3) is 0 Å². The van der Waals surface area contributed by atoms with E-state index in [2.05, 4.69) is 16.9 Å². The average molecular weight is 275 g/mol. The van der Waals surface area contributed by atoms with Gasteiger partial charge in [0.1, 0.15) is 17.8 Å². The highest BCUT2D eigenvalue weighted by molar-refractivity contribution is 5.52. The van der Waals surface area contributed by atoms with Crippen LogP contribution in [0.15, 0.2) is 30.6 Å². The van der Waals surface area contributed by atoms with Gasteiger partial charge in [-0.3, -0.25) is 0 Å². The summed E-state index contributed by atoms with van der Waals surface area (Å²) in [5.74, 6) is 2.25. The molecular formula is C14H17N3O3. The molecule has 1 heterocycles. The van der Waals surface area contributed by atoms with Crippen molar-refractivity contribution in [3.05, 3.63) is 30.6 Å². The lowest BCUT2D eigenvalue weighted by atomic mass is 10.3. The van der Waals surface area contributed by atoms with Gasteiger partial charge in [-0.25, -0.2) is 4.98 Å². The number of benzene rings is 1. The minimum Gasteiger partial charge on any atom is -0.494 e. The molecule has 2 N–H and O–H groups in total. The van der Waals surface area contributed by atoms with E-state index in [9.17, 15) is 0 Å². The van der Waals surface area contributed by atoms with Gasteiger partial charge in [0.05, 0.1) is 13.7 Å². The molecule has 106 valence electrons. The van der Waals surface area contributed by atoms with E-state index in [1.165, 1.54) is 13.4 Å². The second-order valence-electron chi connectivity index (χ2n) is 4.02. The maximum absolute atomic E-state index is 5.69. The molecule has 0 amide bonds. The van der Waals surface area contributed by atoms with Crippen molar-refractivity contribution in [2.45, 2.75) is 13.3 Å². The fourth-order valence-corrected chi connectivity index (χ4v) is 1.57. The fourth-order valence-electron chi connectivity index (χ4n) is 1.57. The molecule has 0 unspecified atom stereocenters. The van der Waals surface area contributed by atoms with Crippen molar-refractivity contribution in [1.82, 2.24) is 9.97 Å². The highest BCUT2D eigenvalue weighted by Crippen LogP contribution is 2.32. The van der Waals surface area contributed by atoms with Crippen LogP contribution in [-0.4, -0.2) is 23.7 Å². The molecule has 0 spiro atoms. The summed E-state index contributed by atoms with van der Waals surface area (Å²) in [5, 5.41) is 0. The van der Waals surface area contributed by atoms with Crippen LogP contribution in [0.1, 0.15) is 13.3 Å². The first kappa shape index (κ1) is 13.9. The second kappa shape index (κ2) is 6.60. The lowest BCUT2D eigenvalue weighted by molar-refractivity contribution is 0.316. The van der Waals surface area contributed by atoms with Crippen LogP contribution < -0.4 is 19.9 Å². The van der Waals surface area contributed by atoms with Crippen molar-refractivity contribution < 1.29 is 14.2 Å². The van der Waals surface area contributed by atoms with E-state index in [0.29, 0.717) is 18.1 Å². The molecule has 0 saturated heterocycles. The summed E-state index contributed by atoms with van der Waals surface area (Å²) >= 11 is 0. The van der Waals surface area contributed by atoms with Gasteiger partial charge in [0.15, 0.2) is 5.82 Å². The van der Waals surface area contributed by atoms with E-state index in [-0.39, 0.29) is 11.7 Å². The molecular weight excluding hydrogens is 258 g/mol. The average Bonchev–Trinajstić information content (AvgIpc) is 2.47. The van der Waals surface area contributed by atoms with Crippen LogP contribution in [0.3, 0.4) is 0 Å². The number of hydrogen-bond acceptors (Lipinski definition) is 6. The van der Waals surface area contributed by atoms with Crippen molar-refractivity contribution in [3.63, 3.8) is 0 Å². The largest absolute Gasteiger partial charge is 0.494 e. The number of aromatic nitrogens is 2. The number of nitrogen functional groups attached to an aromatic ring is 1. The standard InChI is InChI=1S/C14H17N3O3/c1-3-8-19-10-4-6-11(7-5-10)20-14-12(18-2)13(15)16-9-17-14/h4-7,9H,3,8H2,1-2H3,(H2,15,16,17). The first-order valence-electron chi connectivity index (χ1n) is 6.29. The Morgan fingerprint density at radius 1 is 1.10 bits per heavy atom. The Morgan fingerprint density at radius 2 is 1.80 bits per heavy atom. The smallest absolute Gasteiger partial charge is 0.268 e. The Labute approximate surface area is 117 Å². The Balaban J connectivity index is 2.12. The third-order valence-corrected chi connectivity index (χ3v) is 2.51. The van der Waals surface area contributed by atoms with Crippen LogP contribution >= 0.6 is 0 Å². The molecule has 0 bridgehead atoms. The number of nitrogens with zero attached hydrogens (tertiary/aromatic N) is 2. The van der Waals surface area contributed by atoms with Gasteiger partial charge < -0.3 is 19.9 Å². The second-order valence-corrected chi connectivity index (χ2v) is 4.02. The van der Waals surface area contributed by atoms with Crippen LogP contribution in [0.4, 0.5) is 5.82 Å². The van der Waals surface area contributed by atoms with Gasteiger partial charge in [0.2, 0.25) is 5.75 Å². The number of nitrogens with two attached hydrogens (primary N) is 1. The van der Waals surface area contributed by atoms with E-state index >= 15 is 0 Å². The van der Waals surface area contributed by atoms with Gasteiger partial charge in [0, 0.05) is 0 Å². The summed E-state index contributed by atoms with van der Waals surface area (Å²) in [5.41, 5.74) is 5.69. The third kappa shape index (κ3) is 3.28. The van der Waals surface area contributed by atoms with Crippen molar-refractivity contribution >= 4 is 5.82 Å². The molecule has 0 fully saturated rings. The minimum atomic E-state index is 0.236. The molecule has 0 aliphatic rings. The third-order valence-electron chi connectivity index (χ3n) is 2.51. The van der Waals surface area contributed by atoms with Gasteiger partial charge in [-0.15, -0.1) is 0 Å². The lowest BCUT2D eigenvalue weighted by Gasteiger charge is -2.10. The summed E-state index contributed by atoms with van der Waals surface area (Å²) in [6, 6.07) is 7.26. The summed E-state index contributed by atoms with van der Waals surface area (Å²) < 4.78 is 16.3. The number of rotatable bonds is 6. The summed E-state index contributed by atoms with van der Waals surface area (Å²) in [4.78, 5) is 7.85. The highest BCUT2D eigenvalue weighted by Gasteiger charge is 2.11. The van der Waals surface area contributed by atoms with Gasteiger partial charge in [-0.05, 0) is 30.7 Å². The normalized spacial score (nSPS) is 10.1. The molecule has 0 atom stereocenters. The van der Waals surface area contributed by atoms with E-state index in [1.54, 1.807) is 12.1 Å². The van der Waals surface area contributed by atoms with Gasteiger partial charge in [-0.2, -0.15) is 4.98 Å². The van der Waals surface area contributed by atoms with Crippen LogP contribution in [0, 0.1) is 0 Å². The quantitative estimate of drug-likeness (QED) is 0.873. The van der Waals surface area contributed by atoms with Crippen LogP contribution in [-0.2, 0) is 0 Å². The van der Waals surface area contributed by atoms with Crippen molar-refractivity contribution in [2.24, 2.45) is 0 Å². The van der Waals surface area contributed by atoms with E-state index in [4.69, 9.17) is 19.9 Å². The van der Waals surface area contributed by atoms with E-state index < -0.39 is 0 Å². The summed E-state index contributed by atoms with van der Waals surface area (Å²) in [7, 11) is 1.49. The Kier molecular flexibility index (Phi) is 4.60. The highest BCUT2D eigenvalue weighted by atomic mass is 16.5. The minimum absolute atomic E-state index is 0.236. The molecule has 0 saturated carbocycles. The van der Waals surface area contributed by atoms with Crippen LogP contribution in [0.5, 0.6) is 23.1 Å². The lowest BCUT2D eigenvalue weighted by Crippen LogP contribution is -2.00. The SMILES string of the molecule is CCCOc1ccc(Oc2ncnc(N)c2OC)cc1. The fraction of sp³-hybridized carbons (Fsp3) is 0.286. The Morgan fingerprint density at radius 3 is 2.45 bits per heavy atom. The first-order chi connectivity index (χ1) is 9.74. The monoisotopic (exact) mass is 275 g/mol. The topological polar surface area (TPSA) is 79.5 Å². The molecule has 6 nitrogen and oxygen atoms in total. The zero-order valence-electron chi connectivity index (χ0n) is 11.5. The zero-order valence-corrected chi connectivity index (χ0v) is 11.5. The summed E-state index contributed by atoms with van der Waals surface area (Å²) in [6.45, 7) is 2.75. The van der Waals surface area contributed by atoms with Crippen molar-refractivity contribution in [2.75, 3.05) is 19.5 Å². The number of ether oxygens (including phenoxy) is 3. The number of methoxy groups -OCH3 is 1. The molecule has 0 aliphatic carbocycles. The molecule has 2 rings (SSSR count). The Bertz CT molecular complexity index is 558. The maximum Gasteiger partial charge on any atom is 0.268 e. The summed E-state index contributed by atoms with van der Waals surface area (Å²) in [6.07, 6.45) is 2.29. The first-order valence-corrected chi connectivity index (χ1v) is 6.29. The molecule has 0 radical (unpaired) electrons. The van der Waals surface area contributed by atoms with Crippen molar-refractivity contribution in [1.29, 1.82) is 0 Å². The molecule has 20 heavy (non-hydrogen) atoms. The van der Waals surface area contributed by atoms with Gasteiger partial charge >= 0.3 is 0 Å². The van der Waals surface area contributed by atoms with Crippen LogP contribution in [0.2, 0.25) is 0 Å². The Hall–Kier alpha value is -2.50. The molecule has 0 aliphatic heterocycles. The predicted octanol–water partition coefficient (Wildman–Crippen LogP) is 2.65. The maximum atomic E-state index is 5.69. The van der Waals surface area contributed by atoms with E-state index in [1.807, 2.05) is 12.1 Å². The van der Waals surface area contributed by atoms with Gasteiger partial charge in [0.25, 0.3) is 5.88 Å². The van der Waals surface area contributed by atoms with Crippen molar-refractivity contribution in [3.8, 4) is 23.1 Å². The number of hydrogen-bond donors (Lipinski definition) is 1. The zero-order chi connectivity index (χ0) is 14.4. The molecule has 1 aromatic heterocycles. The predicted molar refractivity (Wildman–Crippen MR) is 75.3 cm³/mol. The molecule has 6 heteroatoms.